The molecule has 0 amide bonds. The molecule has 0 fully saturated rings. The van der Waals surface area contributed by atoms with Crippen molar-refractivity contribution in [3.63, 3.8) is 0 Å². The Hall–Kier alpha value is -3.45. The van der Waals surface area contributed by atoms with E-state index in [0.29, 0.717) is 42.2 Å². The maximum Gasteiger partial charge on any atom is 0.338 e. The fourth-order valence-electron chi connectivity index (χ4n) is 3.69. The van der Waals surface area contributed by atoms with Crippen LogP contribution >= 0.6 is 0 Å². The van der Waals surface area contributed by atoms with E-state index in [-0.39, 0.29) is 26.9 Å². The van der Waals surface area contributed by atoms with Crippen molar-refractivity contribution in [1.29, 1.82) is 0 Å². The van der Waals surface area contributed by atoms with E-state index in [4.69, 9.17) is 9.47 Å². The molecule has 0 saturated heterocycles. The molecule has 4 aromatic rings. The third-order valence-corrected chi connectivity index (χ3v) is 8.62. The molecule has 1 unspecified atom stereocenters. The molecule has 0 aliphatic heterocycles. The third kappa shape index (κ3) is 5.62. The first kappa shape index (κ1) is 26.6. The van der Waals surface area contributed by atoms with Crippen LogP contribution in [0.1, 0.15) is 28.0 Å². The lowest BCUT2D eigenvalue weighted by atomic mass is 10.2. The molecule has 2 heterocycles. The number of imidazole rings is 1. The van der Waals surface area contributed by atoms with Crippen LogP contribution < -0.4 is 4.74 Å². The molecule has 0 aliphatic carbocycles. The summed E-state index contributed by atoms with van der Waals surface area (Å²) in [5.74, 6) is -0.776. The van der Waals surface area contributed by atoms with Crippen molar-refractivity contribution in [3.8, 4) is 5.75 Å². The van der Waals surface area contributed by atoms with Gasteiger partial charge in [-0.2, -0.15) is 8.96 Å². The Morgan fingerprint density at radius 3 is 2.68 bits per heavy atom. The second-order valence-electron chi connectivity index (χ2n) is 8.05. The number of benzene rings is 2. The number of carboxylic acids is 1. The number of carboxylic acid groups (broad SMARTS) is 1. The summed E-state index contributed by atoms with van der Waals surface area (Å²) in [4.78, 5) is 19.9. The third-order valence-electron chi connectivity index (χ3n) is 5.59. The van der Waals surface area contributed by atoms with Crippen LogP contribution in [0.15, 0.2) is 70.8 Å². The van der Waals surface area contributed by atoms with Crippen LogP contribution in [0.5, 0.6) is 5.75 Å². The molecule has 0 aliphatic rings. The van der Waals surface area contributed by atoms with E-state index >= 15 is 0 Å². The van der Waals surface area contributed by atoms with Gasteiger partial charge in [0.15, 0.2) is 5.75 Å². The van der Waals surface area contributed by atoms with Gasteiger partial charge in [-0.25, -0.2) is 13.2 Å². The Kier molecular flexibility index (Phi) is 8.13. The summed E-state index contributed by atoms with van der Waals surface area (Å²) in [7, 11) is -2.73. The van der Waals surface area contributed by atoms with E-state index < -0.39 is 27.2 Å². The first-order chi connectivity index (χ1) is 17.7. The number of rotatable bonds is 11. The lowest BCUT2D eigenvalue weighted by Gasteiger charge is -2.15. The van der Waals surface area contributed by atoms with Crippen LogP contribution in [0.3, 0.4) is 0 Å². The molecular formula is C25H25N3O7S2. The minimum atomic E-state index is -4.34. The maximum absolute atomic E-state index is 13.7. The van der Waals surface area contributed by atoms with E-state index in [9.17, 15) is 22.9 Å². The molecule has 0 spiro atoms. The Morgan fingerprint density at radius 2 is 1.92 bits per heavy atom. The van der Waals surface area contributed by atoms with Crippen LogP contribution in [-0.4, -0.2) is 58.3 Å². The summed E-state index contributed by atoms with van der Waals surface area (Å²) >= 11 is -1.92. The average molecular weight is 544 g/mol. The second kappa shape index (κ2) is 11.3. The van der Waals surface area contributed by atoms with Gasteiger partial charge in [0, 0.05) is 43.1 Å². The first-order valence-electron chi connectivity index (χ1n) is 11.2. The summed E-state index contributed by atoms with van der Waals surface area (Å²) in [6.45, 7) is 2.79. The van der Waals surface area contributed by atoms with E-state index in [1.807, 2.05) is 0 Å². The molecular weight excluding hydrogens is 518 g/mol. The molecule has 12 heteroatoms. The number of aromatic carboxylic acids is 1. The highest BCUT2D eigenvalue weighted by Gasteiger charge is 2.32. The SMILES string of the molecule is COCCCOc1ccnc(C[S+]([O-])c2nc3ccccc3n2S(=O)(=O)c2cccc(C(=O)O)c2)c1C. The highest BCUT2D eigenvalue weighted by Crippen LogP contribution is 2.29. The quantitative estimate of drug-likeness (QED) is 0.222. The molecule has 2 aromatic heterocycles. The van der Waals surface area contributed by atoms with Crippen molar-refractivity contribution in [3.05, 3.63) is 77.6 Å². The summed E-state index contributed by atoms with van der Waals surface area (Å²) in [6.07, 6.45) is 2.24. The van der Waals surface area contributed by atoms with Crippen LogP contribution in [-0.2, 0) is 31.7 Å². The number of pyridine rings is 1. The number of hydrogen-bond donors (Lipinski definition) is 1. The van der Waals surface area contributed by atoms with Gasteiger partial charge in [-0.1, -0.05) is 18.2 Å². The molecule has 37 heavy (non-hydrogen) atoms. The van der Waals surface area contributed by atoms with Gasteiger partial charge in [-0.05, 0) is 43.3 Å². The second-order valence-corrected chi connectivity index (χ2v) is 11.2. The number of para-hydroxylation sites is 2. The highest BCUT2D eigenvalue weighted by atomic mass is 32.2. The number of nitrogens with zero attached hydrogens (tertiary/aromatic N) is 3. The minimum absolute atomic E-state index is 0.102. The lowest BCUT2D eigenvalue weighted by Crippen LogP contribution is -2.21. The minimum Gasteiger partial charge on any atom is -0.609 e. The van der Waals surface area contributed by atoms with Crippen molar-refractivity contribution in [2.45, 2.75) is 29.1 Å². The number of aromatic nitrogens is 3. The van der Waals surface area contributed by atoms with Crippen molar-refractivity contribution in [1.82, 2.24) is 13.9 Å². The molecule has 194 valence electrons. The smallest absolute Gasteiger partial charge is 0.338 e. The maximum atomic E-state index is 13.7. The van der Waals surface area contributed by atoms with Gasteiger partial charge in [-0.15, -0.1) is 0 Å². The van der Waals surface area contributed by atoms with Gasteiger partial charge in [-0.3, -0.25) is 4.98 Å². The predicted molar refractivity (Wildman–Crippen MR) is 137 cm³/mol. The van der Waals surface area contributed by atoms with Crippen molar-refractivity contribution < 1.29 is 32.3 Å². The van der Waals surface area contributed by atoms with Gasteiger partial charge in [0.1, 0.15) is 5.75 Å². The standard InChI is InChI=1S/C25H25N3O7S2/c1-17-21(26-12-11-23(17)35-14-6-13-34-2)16-36(31)25-27-20-9-3-4-10-22(20)28(25)37(32,33)19-8-5-7-18(15-19)24(29)30/h3-5,7-12,15H,6,13-14,16H2,1-2H3,(H,29,30). The fraction of sp³-hybridized carbons (Fsp3) is 0.240. The fourth-order valence-corrected chi connectivity index (χ4v) is 6.78. The van der Waals surface area contributed by atoms with Gasteiger partial charge in [0.05, 0.1) is 33.8 Å². The largest absolute Gasteiger partial charge is 0.609 e. The van der Waals surface area contributed by atoms with Gasteiger partial charge >= 0.3 is 11.1 Å². The molecule has 1 N–H and O–H groups in total. The molecule has 0 bridgehead atoms. The molecule has 4 rings (SSSR count). The number of ether oxygens (including phenoxy) is 2. The highest BCUT2D eigenvalue weighted by molar-refractivity contribution is 7.93. The number of fused-ring (bicyclic) bond motifs is 1. The van der Waals surface area contributed by atoms with Crippen LogP contribution in [0.25, 0.3) is 11.0 Å². The van der Waals surface area contributed by atoms with Gasteiger partial charge in [0.2, 0.25) is 0 Å². The Balaban J connectivity index is 1.73. The van der Waals surface area contributed by atoms with Crippen molar-refractivity contribution in [2.24, 2.45) is 0 Å². The predicted octanol–water partition coefficient (Wildman–Crippen LogP) is 3.40. The number of methoxy groups -OCH3 is 1. The monoisotopic (exact) mass is 543 g/mol. The van der Waals surface area contributed by atoms with E-state index in [0.717, 1.165) is 10.0 Å². The Labute approximate surface area is 217 Å². The Morgan fingerprint density at radius 1 is 1.14 bits per heavy atom. The summed E-state index contributed by atoms with van der Waals surface area (Å²) < 4.78 is 52.7. The van der Waals surface area contributed by atoms with E-state index in [2.05, 4.69) is 9.97 Å². The summed E-state index contributed by atoms with van der Waals surface area (Å²) in [5, 5.41) is 9.14. The van der Waals surface area contributed by atoms with Crippen LogP contribution in [0.2, 0.25) is 0 Å². The van der Waals surface area contributed by atoms with Crippen LogP contribution in [0, 0.1) is 6.92 Å². The molecule has 0 radical (unpaired) electrons. The molecule has 10 nitrogen and oxygen atoms in total. The molecule has 2 aromatic carbocycles. The van der Waals surface area contributed by atoms with Gasteiger partial charge in [0.25, 0.3) is 10.0 Å². The molecule has 1 atom stereocenters. The van der Waals surface area contributed by atoms with E-state index in [1.165, 1.54) is 18.2 Å². The lowest BCUT2D eigenvalue weighted by molar-refractivity contribution is 0.0696. The Bertz CT molecular complexity index is 1540. The number of hydrogen-bond acceptors (Lipinski definition) is 8. The zero-order chi connectivity index (χ0) is 26.6. The average Bonchev–Trinajstić information content (AvgIpc) is 3.29. The van der Waals surface area contributed by atoms with E-state index in [1.54, 1.807) is 50.6 Å². The zero-order valence-electron chi connectivity index (χ0n) is 20.2. The molecule has 0 saturated carbocycles. The normalized spacial score (nSPS) is 12.5. The number of carbonyl (C=O) groups is 1. The topological polar surface area (TPSA) is 144 Å². The van der Waals surface area contributed by atoms with Crippen LogP contribution in [0.4, 0.5) is 0 Å². The first-order valence-corrected chi connectivity index (χ1v) is 14.0. The zero-order valence-corrected chi connectivity index (χ0v) is 21.8. The van der Waals surface area contributed by atoms with Crippen molar-refractivity contribution in [2.75, 3.05) is 20.3 Å². The summed E-state index contributed by atoms with van der Waals surface area (Å²) in [5.41, 5.74) is 1.55. The van der Waals surface area contributed by atoms with Crippen molar-refractivity contribution >= 4 is 38.2 Å². The summed E-state index contributed by atoms with van der Waals surface area (Å²) in [6, 6.07) is 13.2. The van der Waals surface area contributed by atoms with Gasteiger partial charge < -0.3 is 19.1 Å².